The Balaban J connectivity index is 2.21. The fraction of sp³-hybridized carbons (Fsp3) is 0.0769. The number of rotatable bonds is 3. The second-order valence-corrected chi connectivity index (χ2v) is 3.71. The molecule has 0 radical (unpaired) electrons. The predicted molar refractivity (Wildman–Crippen MR) is 67.4 cm³/mol. The Morgan fingerprint density at radius 2 is 2.00 bits per heavy atom. The van der Waals surface area contributed by atoms with Crippen molar-refractivity contribution < 1.29 is 9.90 Å². The van der Waals surface area contributed by atoms with Crippen LogP contribution in [0.2, 0.25) is 0 Å². The quantitative estimate of drug-likeness (QED) is 0.756. The molecule has 1 aromatic carbocycles. The van der Waals surface area contributed by atoms with Gasteiger partial charge in [-0.15, -0.1) is 0 Å². The van der Waals surface area contributed by atoms with Crippen molar-refractivity contribution in [2.75, 3.05) is 5.32 Å². The molecule has 0 unspecified atom stereocenters. The molecule has 0 saturated carbocycles. The highest BCUT2D eigenvalue weighted by Crippen LogP contribution is 2.15. The summed E-state index contributed by atoms with van der Waals surface area (Å²) in [5.74, 6) is -0.341. The van der Waals surface area contributed by atoms with Crippen LogP contribution >= 0.6 is 0 Å². The maximum Gasteiger partial charge on any atom is 0.257 e. The number of benzene rings is 1. The molecule has 1 aromatic heterocycles. The summed E-state index contributed by atoms with van der Waals surface area (Å²) in [4.78, 5) is 25.2. The van der Waals surface area contributed by atoms with Crippen molar-refractivity contribution in [2.24, 2.45) is 0 Å². The van der Waals surface area contributed by atoms with E-state index >= 15 is 0 Å². The number of carbonyl (C=O) groups is 1. The van der Waals surface area contributed by atoms with Gasteiger partial charge in [-0.3, -0.25) is 9.59 Å². The van der Waals surface area contributed by atoms with Crippen molar-refractivity contribution in [1.29, 1.82) is 0 Å². The van der Waals surface area contributed by atoms with Crippen LogP contribution in [0.5, 0.6) is 0 Å². The maximum absolute atomic E-state index is 11.9. The van der Waals surface area contributed by atoms with E-state index in [1.165, 1.54) is 18.3 Å². The molecule has 0 atom stereocenters. The van der Waals surface area contributed by atoms with E-state index in [2.05, 4.69) is 10.3 Å². The molecule has 1 heterocycles. The molecule has 0 aliphatic heterocycles. The molecule has 2 aromatic rings. The van der Waals surface area contributed by atoms with Crippen LogP contribution in [0.4, 0.5) is 5.69 Å². The number of aromatic amines is 1. The van der Waals surface area contributed by atoms with Gasteiger partial charge < -0.3 is 15.4 Å². The first-order valence-corrected chi connectivity index (χ1v) is 5.39. The topological polar surface area (TPSA) is 82.2 Å². The van der Waals surface area contributed by atoms with Gasteiger partial charge >= 0.3 is 0 Å². The number of para-hydroxylation sites is 1. The number of carbonyl (C=O) groups excluding carboxylic acids is 1. The molecule has 18 heavy (non-hydrogen) atoms. The van der Waals surface area contributed by atoms with Crippen molar-refractivity contribution in [2.45, 2.75) is 6.61 Å². The second-order valence-electron chi connectivity index (χ2n) is 3.71. The van der Waals surface area contributed by atoms with Gasteiger partial charge in [-0.05, 0) is 12.1 Å². The van der Waals surface area contributed by atoms with Crippen LogP contribution < -0.4 is 10.9 Å². The number of aliphatic hydroxyl groups excluding tert-OH is 1. The van der Waals surface area contributed by atoms with Crippen LogP contribution in [0, 0.1) is 0 Å². The second kappa shape index (κ2) is 5.29. The van der Waals surface area contributed by atoms with Crippen LogP contribution in [0.1, 0.15) is 15.9 Å². The lowest BCUT2D eigenvalue weighted by Crippen LogP contribution is -2.15. The highest BCUT2D eigenvalue weighted by atomic mass is 16.3. The third kappa shape index (κ3) is 2.64. The first-order chi connectivity index (χ1) is 8.70. The van der Waals surface area contributed by atoms with E-state index in [4.69, 9.17) is 5.11 Å². The Morgan fingerprint density at radius 3 is 2.67 bits per heavy atom. The van der Waals surface area contributed by atoms with E-state index in [1.54, 1.807) is 24.3 Å². The standard InChI is InChI=1S/C13H12N2O3/c16-8-10-3-1-2-4-11(10)15-13(18)9-5-6-12(17)14-7-9/h1-7,16H,8H2,(H,14,17)(H,15,18). The molecule has 2 rings (SSSR count). The Kier molecular flexibility index (Phi) is 3.54. The first kappa shape index (κ1) is 12.1. The molecule has 0 saturated heterocycles. The fourth-order valence-electron chi connectivity index (χ4n) is 1.53. The molecule has 0 fully saturated rings. The Hall–Kier alpha value is -2.40. The van der Waals surface area contributed by atoms with Crippen LogP contribution in [-0.2, 0) is 6.61 Å². The molecule has 92 valence electrons. The van der Waals surface area contributed by atoms with E-state index in [0.29, 0.717) is 16.8 Å². The third-order valence-corrected chi connectivity index (χ3v) is 2.48. The van der Waals surface area contributed by atoms with Crippen molar-refractivity contribution in [1.82, 2.24) is 4.98 Å². The third-order valence-electron chi connectivity index (χ3n) is 2.48. The number of H-pyrrole nitrogens is 1. The van der Waals surface area contributed by atoms with Gasteiger partial charge in [-0.2, -0.15) is 0 Å². The van der Waals surface area contributed by atoms with Gasteiger partial charge in [0.2, 0.25) is 5.56 Å². The highest BCUT2D eigenvalue weighted by Gasteiger charge is 2.08. The molecule has 3 N–H and O–H groups in total. The molecule has 0 spiro atoms. The summed E-state index contributed by atoms with van der Waals surface area (Å²) in [6.45, 7) is -0.151. The zero-order chi connectivity index (χ0) is 13.0. The zero-order valence-electron chi connectivity index (χ0n) is 9.51. The van der Waals surface area contributed by atoms with E-state index in [1.807, 2.05) is 0 Å². The fourth-order valence-corrected chi connectivity index (χ4v) is 1.53. The van der Waals surface area contributed by atoms with Gasteiger partial charge in [-0.25, -0.2) is 0 Å². The van der Waals surface area contributed by atoms with Crippen LogP contribution in [0.3, 0.4) is 0 Å². The van der Waals surface area contributed by atoms with Gasteiger partial charge in [0.05, 0.1) is 12.2 Å². The monoisotopic (exact) mass is 244 g/mol. The minimum Gasteiger partial charge on any atom is -0.392 e. The van der Waals surface area contributed by atoms with Gasteiger partial charge in [0, 0.05) is 23.5 Å². The Bertz CT molecular complexity index is 599. The Morgan fingerprint density at radius 1 is 1.22 bits per heavy atom. The molecule has 1 amide bonds. The van der Waals surface area contributed by atoms with Crippen molar-refractivity contribution >= 4 is 11.6 Å². The summed E-state index contributed by atoms with van der Waals surface area (Å²) in [6.07, 6.45) is 1.35. The van der Waals surface area contributed by atoms with Crippen molar-refractivity contribution in [3.8, 4) is 0 Å². The van der Waals surface area contributed by atoms with Gasteiger partial charge in [0.15, 0.2) is 0 Å². The van der Waals surface area contributed by atoms with E-state index in [9.17, 15) is 9.59 Å². The normalized spacial score (nSPS) is 10.1. The van der Waals surface area contributed by atoms with Crippen molar-refractivity contribution in [3.63, 3.8) is 0 Å². The molecule has 0 aliphatic carbocycles. The zero-order valence-corrected chi connectivity index (χ0v) is 9.51. The van der Waals surface area contributed by atoms with E-state index < -0.39 is 0 Å². The SMILES string of the molecule is O=C(Nc1ccccc1CO)c1ccc(=O)[nH]c1. The minimum atomic E-state index is -0.341. The smallest absolute Gasteiger partial charge is 0.257 e. The van der Waals surface area contributed by atoms with Crippen LogP contribution in [0.15, 0.2) is 47.4 Å². The summed E-state index contributed by atoms with van der Waals surface area (Å²) in [7, 11) is 0. The lowest BCUT2D eigenvalue weighted by Gasteiger charge is -2.08. The molecule has 5 nitrogen and oxygen atoms in total. The lowest BCUT2D eigenvalue weighted by atomic mass is 10.2. The number of aromatic nitrogens is 1. The summed E-state index contributed by atoms with van der Waals surface area (Å²) < 4.78 is 0. The van der Waals surface area contributed by atoms with Gasteiger partial charge in [0.1, 0.15) is 0 Å². The summed E-state index contributed by atoms with van der Waals surface area (Å²) in [5.41, 5.74) is 1.27. The maximum atomic E-state index is 11.9. The first-order valence-electron chi connectivity index (χ1n) is 5.39. The molecule has 0 bridgehead atoms. The molecular weight excluding hydrogens is 232 g/mol. The molecule has 0 aliphatic rings. The number of amides is 1. The molecular formula is C13H12N2O3. The Labute approximate surface area is 103 Å². The number of aliphatic hydroxyl groups is 1. The van der Waals surface area contributed by atoms with Crippen molar-refractivity contribution in [3.05, 3.63) is 64.1 Å². The summed E-state index contributed by atoms with van der Waals surface area (Å²) >= 11 is 0. The van der Waals surface area contributed by atoms with Gasteiger partial charge in [0.25, 0.3) is 5.91 Å². The van der Waals surface area contributed by atoms with Gasteiger partial charge in [-0.1, -0.05) is 18.2 Å². The number of pyridine rings is 1. The minimum absolute atomic E-state index is 0.151. The van der Waals surface area contributed by atoms with E-state index in [0.717, 1.165) is 0 Å². The average Bonchev–Trinajstić information content (AvgIpc) is 2.40. The highest BCUT2D eigenvalue weighted by molar-refractivity contribution is 6.04. The summed E-state index contributed by atoms with van der Waals surface area (Å²) in [5, 5.41) is 11.8. The number of anilines is 1. The average molecular weight is 244 g/mol. The lowest BCUT2D eigenvalue weighted by molar-refractivity contribution is 0.102. The summed E-state index contributed by atoms with van der Waals surface area (Å²) in [6, 6.07) is 9.70. The molecule has 5 heteroatoms. The number of nitrogens with one attached hydrogen (secondary N) is 2. The number of hydrogen-bond acceptors (Lipinski definition) is 3. The number of hydrogen-bond donors (Lipinski definition) is 3. The van der Waals surface area contributed by atoms with Crippen LogP contribution in [0.25, 0.3) is 0 Å². The largest absolute Gasteiger partial charge is 0.392 e. The predicted octanol–water partition coefficient (Wildman–Crippen LogP) is 1.12. The van der Waals surface area contributed by atoms with Crippen LogP contribution in [-0.4, -0.2) is 16.0 Å². The van der Waals surface area contributed by atoms with E-state index in [-0.39, 0.29) is 18.1 Å².